The van der Waals surface area contributed by atoms with E-state index < -0.39 is 0 Å². The molecule has 1 heterocycles. The number of hydrogen-bond acceptors (Lipinski definition) is 3. The average molecular weight is 228 g/mol. The first-order chi connectivity index (χ1) is 7.56. The van der Waals surface area contributed by atoms with Crippen molar-refractivity contribution < 1.29 is 9.53 Å². The first kappa shape index (κ1) is 13.5. The molecule has 4 nitrogen and oxygen atoms in total. The Hall–Kier alpha value is -0.610. The summed E-state index contributed by atoms with van der Waals surface area (Å²) in [6.07, 6.45) is 3.53. The van der Waals surface area contributed by atoms with Crippen LogP contribution in [-0.4, -0.2) is 37.7 Å². The predicted molar refractivity (Wildman–Crippen MR) is 64.4 cm³/mol. The summed E-state index contributed by atoms with van der Waals surface area (Å²) >= 11 is 0. The molecule has 1 aliphatic heterocycles. The summed E-state index contributed by atoms with van der Waals surface area (Å²) in [7, 11) is 1.68. The first-order valence-corrected chi connectivity index (χ1v) is 6.10. The zero-order valence-electron chi connectivity index (χ0n) is 10.6. The van der Waals surface area contributed by atoms with Gasteiger partial charge in [-0.2, -0.15) is 0 Å². The van der Waals surface area contributed by atoms with Gasteiger partial charge >= 0.3 is 0 Å². The van der Waals surface area contributed by atoms with E-state index in [2.05, 4.69) is 17.6 Å². The molecule has 0 aromatic carbocycles. The lowest BCUT2D eigenvalue weighted by Gasteiger charge is -2.35. The molecular weight excluding hydrogens is 204 g/mol. The highest BCUT2D eigenvalue weighted by atomic mass is 16.5. The van der Waals surface area contributed by atoms with Gasteiger partial charge < -0.3 is 15.4 Å². The van der Waals surface area contributed by atoms with E-state index in [1.807, 2.05) is 6.92 Å². The van der Waals surface area contributed by atoms with Crippen molar-refractivity contribution in [2.75, 3.05) is 20.2 Å². The van der Waals surface area contributed by atoms with Crippen LogP contribution in [0.2, 0.25) is 0 Å². The van der Waals surface area contributed by atoms with Crippen LogP contribution in [0, 0.1) is 0 Å². The Bertz CT molecular complexity index is 225. The first-order valence-electron chi connectivity index (χ1n) is 6.10. The van der Waals surface area contributed by atoms with Gasteiger partial charge in [0.2, 0.25) is 5.91 Å². The summed E-state index contributed by atoms with van der Waals surface area (Å²) in [6.45, 7) is 6.10. The zero-order valence-corrected chi connectivity index (χ0v) is 10.6. The van der Waals surface area contributed by atoms with E-state index in [9.17, 15) is 4.79 Å². The molecule has 1 fully saturated rings. The maximum Gasteiger partial charge on any atom is 0.220 e. The summed E-state index contributed by atoms with van der Waals surface area (Å²) in [5, 5.41) is 6.44. The fraction of sp³-hybridized carbons (Fsp3) is 0.917. The minimum absolute atomic E-state index is 0.0152. The predicted octanol–water partition coefficient (Wildman–Crippen LogP) is 1.06. The standard InChI is InChI=1S/C12H24N2O2/c1-10(16-3)4-5-11(15)14-12(2)6-8-13-9-7-12/h10,13H,4-9H2,1-3H3,(H,14,15). The van der Waals surface area contributed by atoms with Crippen LogP contribution in [0.3, 0.4) is 0 Å². The van der Waals surface area contributed by atoms with E-state index in [0.29, 0.717) is 6.42 Å². The van der Waals surface area contributed by atoms with Crippen molar-refractivity contribution in [1.29, 1.82) is 0 Å². The van der Waals surface area contributed by atoms with Gasteiger partial charge in [-0.15, -0.1) is 0 Å². The van der Waals surface area contributed by atoms with Gasteiger partial charge in [-0.25, -0.2) is 0 Å². The largest absolute Gasteiger partial charge is 0.382 e. The average Bonchev–Trinajstić information content (AvgIpc) is 2.26. The molecule has 1 amide bonds. The Labute approximate surface area is 98.1 Å². The third-order valence-corrected chi connectivity index (χ3v) is 3.33. The Kier molecular flexibility index (Phi) is 5.22. The SMILES string of the molecule is COC(C)CCC(=O)NC1(C)CCNCC1. The Morgan fingerprint density at radius 1 is 1.50 bits per heavy atom. The van der Waals surface area contributed by atoms with E-state index in [1.165, 1.54) is 0 Å². The third-order valence-electron chi connectivity index (χ3n) is 3.33. The summed E-state index contributed by atoms with van der Waals surface area (Å²) in [5.74, 6) is 0.147. The van der Waals surface area contributed by atoms with Crippen molar-refractivity contribution in [3.05, 3.63) is 0 Å². The highest BCUT2D eigenvalue weighted by Crippen LogP contribution is 2.17. The molecule has 2 N–H and O–H groups in total. The van der Waals surface area contributed by atoms with Crippen molar-refractivity contribution >= 4 is 5.91 Å². The number of carbonyl (C=O) groups excluding carboxylic acids is 1. The zero-order chi connectivity index (χ0) is 12.0. The van der Waals surface area contributed by atoms with E-state index in [4.69, 9.17) is 4.74 Å². The van der Waals surface area contributed by atoms with Gasteiger partial charge in [-0.1, -0.05) is 0 Å². The summed E-state index contributed by atoms with van der Waals surface area (Å²) < 4.78 is 5.13. The Morgan fingerprint density at radius 2 is 2.12 bits per heavy atom. The van der Waals surface area contributed by atoms with Gasteiger partial charge in [0.05, 0.1) is 6.10 Å². The summed E-state index contributed by atoms with van der Waals surface area (Å²) in [5.41, 5.74) is -0.0152. The molecule has 0 saturated carbocycles. The number of carbonyl (C=O) groups is 1. The number of rotatable bonds is 5. The number of piperidine rings is 1. The minimum Gasteiger partial charge on any atom is -0.382 e. The molecule has 1 rings (SSSR count). The van der Waals surface area contributed by atoms with Crippen LogP contribution in [0.5, 0.6) is 0 Å². The lowest BCUT2D eigenvalue weighted by Crippen LogP contribution is -2.52. The molecule has 4 heteroatoms. The van der Waals surface area contributed by atoms with Crippen LogP contribution < -0.4 is 10.6 Å². The molecule has 0 aromatic heterocycles. The molecule has 0 aromatic rings. The van der Waals surface area contributed by atoms with Crippen LogP contribution in [0.1, 0.15) is 39.5 Å². The molecule has 1 atom stereocenters. The minimum atomic E-state index is -0.0152. The smallest absolute Gasteiger partial charge is 0.220 e. The molecule has 0 bridgehead atoms. The van der Waals surface area contributed by atoms with Crippen molar-refractivity contribution in [2.24, 2.45) is 0 Å². The maximum atomic E-state index is 11.7. The van der Waals surface area contributed by atoms with Gasteiger partial charge in [-0.3, -0.25) is 4.79 Å². The van der Waals surface area contributed by atoms with Gasteiger partial charge in [0.1, 0.15) is 0 Å². The summed E-state index contributed by atoms with van der Waals surface area (Å²) in [6, 6.07) is 0. The quantitative estimate of drug-likeness (QED) is 0.740. The Balaban J connectivity index is 2.27. The number of nitrogens with one attached hydrogen (secondary N) is 2. The van der Waals surface area contributed by atoms with Crippen molar-refractivity contribution in [3.63, 3.8) is 0 Å². The van der Waals surface area contributed by atoms with E-state index in [1.54, 1.807) is 7.11 Å². The Morgan fingerprint density at radius 3 is 2.69 bits per heavy atom. The highest BCUT2D eigenvalue weighted by molar-refractivity contribution is 5.76. The van der Waals surface area contributed by atoms with Crippen LogP contribution >= 0.6 is 0 Å². The number of hydrogen-bond donors (Lipinski definition) is 2. The normalized spacial score (nSPS) is 21.4. The number of ether oxygens (including phenoxy) is 1. The van der Waals surface area contributed by atoms with Gasteiger partial charge in [0, 0.05) is 19.1 Å². The van der Waals surface area contributed by atoms with E-state index >= 15 is 0 Å². The number of methoxy groups -OCH3 is 1. The molecule has 1 unspecified atom stereocenters. The maximum absolute atomic E-state index is 11.7. The second-order valence-electron chi connectivity index (χ2n) is 4.94. The molecule has 1 saturated heterocycles. The second-order valence-corrected chi connectivity index (χ2v) is 4.94. The van der Waals surface area contributed by atoms with E-state index in [0.717, 1.165) is 32.4 Å². The highest BCUT2D eigenvalue weighted by Gasteiger charge is 2.27. The second kappa shape index (κ2) is 6.21. The topological polar surface area (TPSA) is 50.4 Å². The van der Waals surface area contributed by atoms with E-state index in [-0.39, 0.29) is 17.6 Å². The molecular formula is C12H24N2O2. The third kappa shape index (κ3) is 4.49. The fourth-order valence-corrected chi connectivity index (χ4v) is 1.95. The van der Waals surface area contributed by atoms with Crippen molar-refractivity contribution in [1.82, 2.24) is 10.6 Å². The van der Waals surface area contributed by atoms with Gasteiger partial charge in [0.15, 0.2) is 0 Å². The van der Waals surface area contributed by atoms with Gasteiger partial charge in [-0.05, 0) is 46.2 Å². The van der Waals surface area contributed by atoms with Crippen molar-refractivity contribution in [2.45, 2.75) is 51.2 Å². The molecule has 1 aliphatic rings. The fourth-order valence-electron chi connectivity index (χ4n) is 1.95. The molecule has 0 aliphatic carbocycles. The number of amides is 1. The van der Waals surface area contributed by atoms with Crippen LogP contribution in [0.25, 0.3) is 0 Å². The molecule has 16 heavy (non-hydrogen) atoms. The van der Waals surface area contributed by atoms with Crippen LogP contribution in [0.15, 0.2) is 0 Å². The lowest BCUT2D eigenvalue weighted by atomic mass is 9.90. The van der Waals surface area contributed by atoms with Gasteiger partial charge in [0.25, 0.3) is 0 Å². The van der Waals surface area contributed by atoms with Crippen LogP contribution in [0.4, 0.5) is 0 Å². The molecule has 0 spiro atoms. The molecule has 94 valence electrons. The van der Waals surface area contributed by atoms with Crippen molar-refractivity contribution in [3.8, 4) is 0 Å². The monoisotopic (exact) mass is 228 g/mol. The lowest BCUT2D eigenvalue weighted by molar-refractivity contribution is -0.123. The van der Waals surface area contributed by atoms with Crippen LogP contribution in [-0.2, 0) is 9.53 Å². The summed E-state index contributed by atoms with van der Waals surface area (Å²) in [4.78, 5) is 11.7. The molecule has 0 radical (unpaired) electrons.